The highest BCUT2D eigenvalue weighted by atomic mass is 32.2. The van der Waals surface area contributed by atoms with Crippen molar-refractivity contribution >= 4 is 15.5 Å². The standard InChI is InChI=1S/C14H21F2NO3S/c1-14(2,3)12(8-9-18)17-10-6-4-5-7-11(10)21(19,20)13(15)16/h4-7,12-13,17-18H,8-9H2,1-3H3. The Labute approximate surface area is 124 Å². The van der Waals surface area contributed by atoms with Crippen molar-refractivity contribution in [3.05, 3.63) is 24.3 Å². The molecule has 0 aromatic heterocycles. The topological polar surface area (TPSA) is 66.4 Å². The summed E-state index contributed by atoms with van der Waals surface area (Å²) in [4.78, 5) is -0.424. The molecule has 0 spiro atoms. The number of hydrogen-bond donors (Lipinski definition) is 2. The molecule has 0 aliphatic carbocycles. The summed E-state index contributed by atoms with van der Waals surface area (Å²) >= 11 is 0. The summed E-state index contributed by atoms with van der Waals surface area (Å²) in [7, 11) is -4.67. The molecule has 1 atom stereocenters. The fourth-order valence-corrected chi connectivity index (χ4v) is 2.86. The zero-order valence-corrected chi connectivity index (χ0v) is 13.1. The van der Waals surface area contributed by atoms with E-state index in [9.17, 15) is 17.2 Å². The van der Waals surface area contributed by atoms with Crippen LogP contribution in [0.15, 0.2) is 29.2 Å². The first kappa shape index (κ1) is 17.8. The molecule has 21 heavy (non-hydrogen) atoms. The molecule has 1 aromatic rings. The van der Waals surface area contributed by atoms with E-state index in [1.165, 1.54) is 12.1 Å². The minimum absolute atomic E-state index is 0.0846. The summed E-state index contributed by atoms with van der Waals surface area (Å²) in [6, 6.07) is 5.33. The molecular weight excluding hydrogens is 300 g/mol. The predicted molar refractivity (Wildman–Crippen MR) is 78.2 cm³/mol. The molecule has 0 saturated heterocycles. The first-order valence-electron chi connectivity index (χ1n) is 6.59. The number of para-hydroxylation sites is 1. The zero-order valence-electron chi connectivity index (χ0n) is 12.3. The molecule has 0 heterocycles. The summed E-state index contributed by atoms with van der Waals surface area (Å²) in [6.45, 7) is 5.68. The van der Waals surface area contributed by atoms with Crippen LogP contribution in [-0.2, 0) is 9.84 Å². The molecule has 0 fully saturated rings. The van der Waals surface area contributed by atoms with Gasteiger partial charge in [0.1, 0.15) is 0 Å². The van der Waals surface area contributed by atoms with E-state index in [1.54, 1.807) is 6.07 Å². The SMILES string of the molecule is CC(C)(C)C(CCO)Nc1ccccc1S(=O)(=O)C(F)F. The van der Waals surface area contributed by atoms with Gasteiger partial charge in [0.05, 0.1) is 10.6 Å². The smallest absolute Gasteiger partial charge is 0.341 e. The number of alkyl halides is 2. The van der Waals surface area contributed by atoms with E-state index in [2.05, 4.69) is 5.32 Å². The Balaban J connectivity index is 3.21. The van der Waals surface area contributed by atoms with Crippen molar-refractivity contribution in [3.8, 4) is 0 Å². The fraction of sp³-hybridized carbons (Fsp3) is 0.571. The number of rotatable bonds is 6. The van der Waals surface area contributed by atoms with E-state index < -0.39 is 20.5 Å². The van der Waals surface area contributed by atoms with Gasteiger partial charge in [-0.1, -0.05) is 32.9 Å². The van der Waals surface area contributed by atoms with Crippen LogP contribution in [-0.4, -0.2) is 31.9 Å². The van der Waals surface area contributed by atoms with Crippen LogP contribution < -0.4 is 5.32 Å². The van der Waals surface area contributed by atoms with E-state index in [0.29, 0.717) is 6.42 Å². The van der Waals surface area contributed by atoms with E-state index >= 15 is 0 Å². The maximum atomic E-state index is 12.7. The Hall–Kier alpha value is -1.21. The molecule has 4 nitrogen and oxygen atoms in total. The second-order valence-electron chi connectivity index (χ2n) is 5.88. The summed E-state index contributed by atoms with van der Waals surface area (Å²) in [5.41, 5.74) is -0.143. The zero-order chi connectivity index (χ0) is 16.3. The molecule has 7 heteroatoms. The normalized spacial score (nSPS) is 14.2. The first-order valence-corrected chi connectivity index (χ1v) is 8.14. The molecule has 1 aromatic carbocycles. The van der Waals surface area contributed by atoms with Gasteiger partial charge in [0, 0.05) is 12.6 Å². The Morgan fingerprint density at radius 3 is 2.29 bits per heavy atom. The molecular formula is C14H21F2NO3S. The van der Waals surface area contributed by atoms with Crippen LogP contribution >= 0.6 is 0 Å². The number of nitrogens with one attached hydrogen (secondary N) is 1. The molecule has 1 rings (SSSR count). The minimum Gasteiger partial charge on any atom is -0.396 e. The lowest BCUT2D eigenvalue weighted by atomic mass is 9.85. The third-order valence-electron chi connectivity index (χ3n) is 3.22. The van der Waals surface area contributed by atoms with Crippen LogP contribution in [0, 0.1) is 5.41 Å². The molecule has 2 N–H and O–H groups in total. The van der Waals surface area contributed by atoms with Gasteiger partial charge in [0.15, 0.2) is 0 Å². The molecule has 0 amide bonds. The number of aliphatic hydroxyl groups is 1. The van der Waals surface area contributed by atoms with Crippen LogP contribution in [0.3, 0.4) is 0 Å². The Morgan fingerprint density at radius 2 is 1.81 bits per heavy atom. The Kier molecular flexibility index (Phi) is 5.69. The third-order valence-corrected chi connectivity index (χ3v) is 4.66. The Bertz CT molecular complexity index is 568. The lowest BCUT2D eigenvalue weighted by Gasteiger charge is -2.32. The summed E-state index contributed by atoms with van der Waals surface area (Å²) < 4.78 is 48.9. The number of hydrogen-bond acceptors (Lipinski definition) is 4. The van der Waals surface area contributed by atoms with Gasteiger partial charge < -0.3 is 10.4 Å². The molecule has 120 valence electrons. The number of benzene rings is 1. The molecule has 1 unspecified atom stereocenters. The van der Waals surface area contributed by atoms with Gasteiger partial charge in [-0.3, -0.25) is 0 Å². The maximum Gasteiger partial charge on any atom is 0.341 e. The van der Waals surface area contributed by atoms with Gasteiger partial charge in [-0.05, 0) is 24.0 Å². The predicted octanol–water partition coefficient (Wildman–Crippen LogP) is 2.89. The second-order valence-corrected chi connectivity index (χ2v) is 7.76. The molecule has 0 saturated carbocycles. The van der Waals surface area contributed by atoms with Gasteiger partial charge in [-0.25, -0.2) is 8.42 Å². The van der Waals surface area contributed by atoms with Crippen molar-refractivity contribution in [3.63, 3.8) is 0 Å². The van der Waals surface area contributed by atoms with Crippen molar-refractivity contribution in [2.75, 3.05) is 11.9 Å². The average molecular weight is 321 g/mol. The molecule has 0 aliphatic heterocycles. The lowest BCUT2D eigenvalue weighted by molar-refractivity contribution is 0.233. The van der Waals surface area contributed by atoms with Crippen molar-refractivity contribution < 1.29 is 22.3 Å². The second kappa shape index (κ2) is 6.70. The van der Waals surface area contributed by atoms with Gasteiger partial charge in [0.2, 0.25) is 9.84 Å². The highest BCUT2D eigenvalue weighted by Crippen LogP contribution is 2.30. The number of anilines is 1. The Morgan fingerprint density at radius 1 is 1.24 bits per heavy atom. The van der Waals surface area contributed by atoms with E-state index in [-0.39, 0.29) is 23.8 Å². The number of sulfone groups is 1. The van der Waals surface area contributed by atoms with E-state index in [0.717, 1.165) is 6.07 Å². The van der Waals surface area contributed by atoms with Crippen LogP contribution in [0.2, 0.25) is 0 Å². The number of halogens is 2. The van der Waals surface area contributed by atoms with E-state index in [1.807, 2.05) is 20.8 Å². The summed E-state index contributed by atoms with van der Waals surface area (Å²) in [5, 5.41) is 12.1. The monoisotopic (exact) mass is 321 g/mol. The average Bonchev–Trinajstić information content (AvgIpc) is 2.37. The maximum absolute atomic E-state index is 12.7. The highest BCUT2D eigenvalue weighted by molar-refractivity contribution is 7.91. The van der Waals surface area contributed by atoms with Gasteiger partial charge >= 0.3 is 5.76 Å². The lowest BCUT2D eigenvalue weighted by Crippen LogP contribution is -2.35. The van der Waals surface area contributed by atoms with E-state index in [4.69, 9.17) is 5.11 Å². The highest BCUT2D eigenvalue weighted by Gasteiger charge is 2.31. The quantitative estimate of drug-likeness (QED) is 0.845. The third kappa shape index (κ3) is 4.38. The van der Waals surface area contributed by atoms with Gasteiger partial charge in [-0.15, -0.1) is 0 Å². The van der Waals surface area contributed by atoms with Crippen molar-refractivity contribution in [2.45, 2.75) is 43.9 Å². The molecule has 0 aliphatic rings. The minimum atomic E-state index is -4.67. The fourth-order valence-electron chi connectivity index (χ4n) is 1.97. The molecule has 0 bridgehead atoms. The van der Waals surface area contributed by atoms with Crippen LogP contribution in [0.4, 0.5) is 14.5 Å². The van der Waals surface area contributed by atoms with Crippen molar-refractivity contribution in [2.24, 2.45) is 5.41 Å². The van der Waals surface area contributed by atoms with Crippen LogP contribution in [0.25, 0.3) is 0 Å². The first-order chi connectivity index (χ1) is 9.60. The van der Waals surface area contributed by atoms with Crippen LogP contribution in [0.5, 0.6) is 0 Å². The van der Waals surface area contributed by atoms with Gasteiger partial charge in [-0.2, -0.15) is 8.78 Å². The van der Waals surface area contributed by atoms with Crippen molar-refractivity contribution in [1.82, 2.24) is 0 Å². The van der Waals surface area contributed by atoms with Crippen molar-refractivity contribution in [1.29, 1.82) is 0 Å². The summed E-state index contributed by atoms with van der Waals surface area (Å²) in [5.74, 6) is -3.47. The summed E-state index contributed by atoms with van der Waals surface area (Å²) in [6.07, 6.45) is 0.382. The van der Waals surface area contributed by atoms with Gasteiger partial charge in [0.25, 0.3) is 0 Å². The number of aliphatic hydroxyl groups excluding tert-OH is 1. The largest absolute Gasteiger partial charge is 0.396 e. The van der Waals surface area contributed by atoms with Crippen LogP contribution in [0.1, 0.15) is 27.2 Å². The molecule has 0 radical (unpaired) electrons.